The van der Waals surface area contributed by atoms with Gasteiger partial charge < -0.3 is 5.73 Å². The van der Waals surface area contributed by atoms with Crippen LogP contribution in [0, 0.1) is 24.2 Å². The molecule has 1 aromatic carbocycles. The summed E-state index contributed by atoms with van der Waals surface area (Å²) in [7, 11) is 0. The molecule has 0 aliphatic rings. The molecular formula is C10H7N. The Morgan fingerprint density at radius 3 is 2.36 bits per heavy atom. The van der Waals surface area contributed by atoms with E-state index in [0.717, 1.165) is 11.3 Å². The monoisotopic (exact) mass is 141 g/mol. The van der Waals surface area contributed by atoms with E-state index < -0.39 is 0 Å². The normalized spacial score (nSPS) is 7.55. The van der Waals surface area contributed by atoms with Gasteiger partial charge in [-0.3, -0.25) is 0 Å². The summed E-state index contributed by atoms with van der Waals surface area (Å²) in [4.78, 5) is 0. The van der Waals surface area contributed by atoms with Crippen molar-refractivity contribution in [2.24, 2.45) is 0 Å². The molecule has 0 fully saturated rings. The minimum atomic E-state index is 0.733. The molecule has 1 aromatic rings. The second-order valence-corrected chi connectivity index (χ2v) is 2.02. The highest BCUT2D eigenvalue weighted by atomic mass is 14.5. The van der Waals surface area contributed by atoms with E-state index in [1.807, 2.05) is 12.1 Å². The average Bonchev–Trinajstić information content (AvgIpc) is 2.04. The van der Waals surface area contributed by atoms with Crippen molar-refractivity contribution in [3.63, 3.8) is 0 Å². The molecule has 0 atom stereocenters. The van der Waals surface area contributed by atoms with Crippen LogP contribution in [0.15, 0.2) is 24.3 Å². The molecule has 0 amide bonds. The van der Waals surface area contributed by atoms with E-state index in [1.165, 1.54) is 0 Å². The molecule has 1 nitrogen and oxygen atoms in total. The second-order valence-electron chi connectivity index (χ2n) is 2.02. The molecule has 1 rings (SSSR count). The van der Waals surface area contributed by atoms with E-state index in [-0.39, 0.29) is 0 Å². The van der Waals surface area contributed by atoms with Crippen LogP contribution in [0.3, 0.4) is 0 Å². The van der Waals surface area contributed by atoms with E-state index in [2.05, 4.69) is 17.8 Å². The van der Waals surface area contributed by atoms with Crippen molar-refractivity contribution in [1.29, 1.82) is 0 Å². The Morgan fingerprint density at radius 2 is 1.82 bits per heavy atom. The van der Waals surface area contributed by atoms with Gasteiger partial charge in [0, 0.05) is 11.3 Å². The summed E-state index contributed by atoms with van der Waals surface area (Å²) in [5, 5.41) is 0. The van der Waals surface area contributed by atoms with E-state index in [0.29, 0.717) is 0 Å². The molecule has 0 aliphatic heterocycles. The second kappa shape index (κ2) is 3.34. The Bertz CT molecular complexity index is 330. The van der Waals surface area contributed by atoms with Gasteiger partial charge in [-0.2, -0.15) is 0 Å². The predicted molar refractivity (Wildman–Crippen MR) is 46.6 cm³/mol. The van der Waals surface area contributed by atoms with Gasteiger partial charge in [-0.1, -0.05) is 5.92 Å². The van der Waals surface area contributed by atoms with E-state index >= 15 is 0 Å². The van der Waals surface area contributed by atoms with Crippen molar-refractivity contribution in [1.82, 2.24) is 0 Å². The fourth-order valence-electron chi connectivity index (χ4n) is 0.675. The quantitative estimate of drug-likeness (QED) is 0.427. The van der Waals surface area contributed by atoms with Gasteiger partial charge in [0.05, 0.1) is 0 Å². The first-order valence-corrected chi connectivity index (χ1v) is 3.15. The standard InChI is InChI=1S/C10H7N/c1-2-3-4-9-5-7-10(11)8-6-9/h1,5-8H,11H2. The summed E-state index contributed by atoms with van der Waals surface area (Å²) >= 11 is 0. The molecule has 0 saturated carbocycles. The molecule has 0 bridgehead atoms. The maximum atomic E-state index is 5.47. The Kier molecular flexibility index (Phi) is 2.20. The number of nitrogens with two attached hydrogens (primary N) is 1. The molecule has 2 N–H and O–H groups in total. The van der Waals surface area contributed by atoms with Gasteiger partial charge in [0.2, 0.25) is 0 Å². The van der Waals surface area contributed by atoms with Crippen molar-refractivity contribution < 1.29 is 0 Å². The lowest BCUT2D eigenvalue weighted by Gasteiger charge is -1.90. The van der Waals surface area contributed by atoms with Crippen LogP contribution in [0.1, 0.15) is 5.56 Å². The van der Waals surface area contributed by atoms with Crippen LogP contribution in [0.5, 0.6) is 0 Å². The highest BCUT2D eigenvalue weighted by Crippen LogP contribution is 2.03. The largest absolute Gasteiger partial charge is 0.399 e. The van der Waals surface area contributed by atoms with Crippen LogP contribution in [0.2, 0.25) is 0 Å². The van der Waals surface area contributed by atoms with Crippen LogP contribution >= 0.6 is 0 Å². The Hall–Kier alpha value is -1.86. The third kappa shape index (κ3) is 2.08. The lowest BCUT2D eigenvalue weighted by Crippen LogP contribution is -1.82. The number of anilines is 1. The zero-order chi connectivity index (χ0) is 8.10. The Balaban J connectivity index is 2.93. The molecule has 0 unspecified atom stereocenters. The maximum Gasteiger partial charge on any atom is 0.0314 e. The van der Waals surface area contributed by atoms with E-state index in [1.54, 1.807) is 12.1 Å². The number of hydrogen-bond acceptors (Lipinski definition) is 1. The van der Waals surface area contributed by atoms with Crippen LogP contribution < -0.4 is 5.73 Å². The summed E-state index contributed by atoms with van der Waals surface area (Å²) in [6, 6.07) is 7.25. The van der Waals surface area contributed by atoms with Gasteiger partial charge in [-0.25, -0.2) is 0 Å². The summed E-state index contributed by atoms with van der Waals surface area (Å²) in [6.45, 7) is 0. The van der Waals surface area contributed by atoms with Crippen molar-refractivity contribution in [2.45, 2.75) is 0 Å². The third-order valence-electron chi connectivity index (χ3n) is 1.19. The lowest BCUT2D eigenvalue weighted by atomic mass is 10.2. The molecule has 0 heterocycles. The van der Waals surface area contributed by atoms with Crippen LogP contribution in [-0.2, 0) is 0 Å². The van der Waals surface area contributed by atoms with Gasteiger partial charge in [0.1, 0.15) is 0 Å². The zero-order valence-corrected chi connectivity index (χ0v) is 5.96. The maximum absolute atomic E-state index is 5.47. The molecule has 52 valence electrons. The van der Waals surface area contributed by atoms with Gasteiger partial charge in [0.25, 0.3) is 0 Å². The summed E-state index contributed by atoms with van der Waals surface area (Å²) in [6.07, 6.45) is 4.96. The minimum Gasteiger partial charge on any atom is -0.399 e. The molecular weight excluding hydrogens is 134 g/mol. The van der Waals surface area contributed by atoms with E-state index in [4.69, 9.17) is 12.2 Å². The van der Waals surface area contributed by atoms with Crippen molar-refractivity contribution in [3.8, 4) is 24.2 Å². The first kappa shape index (κ1) is 7.25. The number of terminal acetylenes is 1. The van der Waals surface area contributed by atoms with E-state index in [9.17, 15) is 0 Å². The Morgan fingerprint density at radius 1 is 1.18 bits per heavy atom. The predicted octanol–water partition coefficient (Wildman–Crippen LogP) is 1.25. The molecule has 11 heavy (non-hydrogen) atoms. The highest BCUT2D eigenvalue weighted by molar-refractivity contribution is 5.46. The highest BCUT2D eigenvalue weighted by Gasteiger charge is 1.84. The first-order chi connectivity index (χ1) is 5.33. The molecule has 0 spiro atoms. The molecule has 0 aliphatic carbocycles. The van der Waals surface area contributed by atoms with Crippen LogP contribution in [0.4, 0.5) is 5.69 Å². The van der Waals surface area contributed by atoms with Gasteiger partial charge in [-0.05, 0) is 36.1 Å². The Labute approximate surface area is 66.2 Å². The third-order valence-corrected chi connectivity index (χ3v) is 1.19. The number of benzene rings is 1. The number of hydrogen-bond donors (Lipinski definition) is 1. The average molecular weight is 141 g/mol. The molecule has 0 aromatic heterocycles. The zero-order valence-electron chi connectivity index (χ0n) is 5.96. The topological polar surface area (TPSA) is 26.0 Å². The smallest absolute Gasteiger partial charge is 0.0314 e. The fourth-order valence-corrected chi connectivity index (χ4v) is 0.675. The SMILES string of the molecule is C#CC#Cc1ccc(N)cc1. The first-order valence-electron chi connectivity index (χ1n) is 3.15. The number of rotatable bonds is 0. The number of nitrogen functional groups attached to an aromatic ring is 1. The van der Waals surface area contributed by atoms with Crippen molar-refractivity contribution >= 4 is 5.69 Å². The van der Waals surface area contributed by atoms with Gasteiger partial charge in [0.15, 0.2) is 0 Å². The molecule has 0 saturated heterocycles. The van der Waals surface area contributed by atoms with Gasteiger partial charge in [-0.15, -0.1) is 6.42 Å². The summed E-state index contributed by atoms with van der Waals surface area (Å²) in [5.41, 5.74) is 7.09. The summed E-state index contributed by atoms with van der Waals surface area (Å²) < 4.78 is 0. The lowest BCUT2D eigenvalue weighted by molar-refractivity contribution is 1.64. The fraction of sp³-hybridized carbons (Fsp3) is 0. The van der Waals surface area contributed by atoms with Gasteiger partial charge >= 0.3 is 0 Å². The van der Waals surface area contributed by atoms with Crippen LogP contribution in [-0.4, -0.2) is 0 Å². The van der Waals surface area contributed by atoms with Crippen molar-refractivity contribution in [2.75, 3.05) is 5.73 Å². The summed E-state index contributed by atoms with van der Waals surface area (Å²) in [5.74, 6) is 7.54. The minimum absolute atomic E-state index is 0.733. The van der Waals surface area contributed by atoms with Crippen LogP contribution in [0.25, 0.3) is 0 Å². The molecule has 1 heteroatoms. The van der Waals surface area contributed by atoms with Crippen molar-refractivity contribution in [3.05, 3.63) is 29.8 Å². The molecule has 0 radical (unpaired) electrons.